The fraction of sp³-hybridized carbons (Fsp3) is 0.733. The Morgan fingerprint density at radius 3 is 1.53 bits per heavy atom. The molecule has 0 aromatic heterocycles. The molecule has 0 heterocycles. The van der Waals surface area contributed by atoms with Crippen molar-refractivity contribution < 1.29 is 63.1 Å². The minimum absolute atomic E-state index is 0.0404. The van der Waals surface area contributed by atoms with E-state index in [0.717, 1.165) is 70.6 Å². The Bertz CT molecular complexity index is 1270. The summed E-state index contributed by atoms with van der Waals surface area (Å²) >= 11 is 0. The van der Waals surface area contributed by atoms with Crippen molar-refractivity contribution in [1.82, 2.24) is 0 Å². The van der Waals surface area contributed by atoms with Crippen molar-refractivity contribution in [3.05, 3.63) is 60.8 Å². The molecule has 1 fully saturated rings. The van der Waals surface area contributed by atoms with Crippen LogP contribution in [0.4, 0.5) is 0 Å². The van der Waals surface area contributed by atoms with Gasteiger partial charge in [0, 0.05) is 12.8 Å². The van der Waals surface area contributed by atoms with Crippen molar-refractivity contribution in [2.45, 2.75) is 198 Å². The van der Waals surface area contributed by atoms with Crippen LogP contribution in [0.3, 0.4) is 0 Å². The number of aliphatic hydroxyl groups excluding tert-OH is 5. The number of esters is 2. The summed E-state index contributed by atoms with van der Waals surface area (Å²) in [5.41, 5.74) is 0. The van der Waals surface area contributed by atoms with Crippen LogP contribution in [0.2, 0.25) is 0 Å². The average Bonchev–Trinajstić information content (AvgIpc) is 3.21. The summed E-state index contributed by atoms with van der Waals surface area (Å²) in [6, 6.07) is 0. The first kappa shape index (κ1) is 54.6. The topological polar surface area (TPSA) is 210 Å². The van der Waals surface area contributed by atoms with Crippen molar-refractivity contribution in [2.75, 3.05) is 13.2 Å². The summed E-state index contributed by atoms with van der Waals surface area (Å²) in [6.07, 6.45) is 28.5. The minimum atomic E-state index is -5.13. The first-order valence-corrected chi connectivity index (χ1v) is 23.6. The maximum atomic E-state index is 12.8. The van der Waals surface area contributed by atoms with Crippen molar-refractivity contribution in [3.63, 3.8) is 0 Å². The van der Waals surface area contributed by atoms with Gasteiger partial charge in [-0.25, -0.2) is 4.57 Å². The first-order chi connectivity index (χ1) is 28.4. The van der Waals surface area contributed by atoms with E-state index in [0.29, 0.717) is 19.3 Å². The van der Waals surface area contributed by atoms with Gasteiger partial charge < -0.3 is 39.9 Å². The zero-order valence-corrected chi connectivity index (χ0v) is 36.7. The molecule has 340 valence electrons. The monoisotopic (exact) mass is 857 g/mol. The lowest BCUT2D eigenvalue weighted by atomic mass is 9.85. The molecule has 59 heavy (non-hydrogen) atoms. The quantitative estimate of drug-likeness (QED) is 0.0154. The molecule has 0 spiro atoms. The number of carbonyl (C=O) groups excluding carboxylic acids is 2. The maximum absolute atomic E-state index is 12.8. The highest BCUT2D eigenvalue weighted by atomic mass is 31.2. The van der Waals surface area contributed by atoms with E-state index < -0.39 is 75.7 Å². The van der Waals surface area contributed by atoms with Gasteiger partial charge in [0.25, 0.3) is 0 Å². The molecule has 6 unspecified atom stereocenters. The van der Waals surface area contributed by atoms with Gasteiger partial charge in [0.2, 0.25) is 0 Å². The summed E-state index contributed by atoms with van der Waals surface area (Å²) in [5.74, 6) is -1.16. The summed E-state index contributed by atoms with van der Waals surface area (Å²) in [6.45, 7) is 3.12. The lowest BCUT2D eigenvalue weighted by molar-refractivity contribution is -0.220. The van der Waals surface area contributed by atoms with Gasteiger partial charge >= 0.3 is 19.8 Å². The number of phosphoric acid groups is 1. The number of unbranched alkanes of at least 4 members (excludes halogenated alkanes) is 13. The van der Waals surface area contributed by atoms with Gasteiger partial charge in [-0.1, -0.05) is 126 Å². The highest BCUT2D eigenvalue weighted by molar-refractivity contribution is 7.47. The van der Waals surface area contributed by atoms with E-state index in [2.05, 4.69) is 68.5 Å². The predicted molar refractivity (Wildman–Crippen MR) is 230 cm³/mol. The number of aliphatic hydroxyl groups is 5. The largest absolute Gasteiger partial charge is 0.472 e. The second kappa shape index (κ2) is 35.2. The van der Waals surface area contributed by atoms with Gasteiger partial charge in [0.1, 0.15) is 43.2 Å². The lowest BCUT2D eigenvalue weighted by Gasteiger charge is -2.41. The van der Waals surface area contributed by atoms with Crippen molar-refractivity contribution >= 4 is 19.8 Å². The van der Waals surface area contributed by atoms with Crippen LogP contribution in [-0.4, -0.2) is 98.3 Å². The third kappa shape index (κ3) is 27.9. The highest BCUT2D eigenvalue weighted by Crippen LogP contribution is 2.47. The standard InChI is InChI=1S/C45H77O13P/c1-3-5-7-9-11-13-15-17-19-21-23-25-27-29-31-33-38(46)55-35-37(36-56-59(53,54)58-45-43(51)41(49)40(48)42(50)44(45)52)57-39(47)34-32-30-28-26-24-22-20-18-16-14-12-10-8-6-4-2/h6,8,12,14,17-20,24,26,37,40-45,48-52H,3-5,7,9-11,13,15-16,21-23,25,27-36H2,1-2H3,(H,53,54)/b8-6+,14-12+,19-17+,20-18+,26-24+/t37-,40?,41-,42?,43?,44?,45?/m1/s1. The molecule has 1 aliphatic carbocycles. The maximum Gasteiger partial charge on any atom is 0.472 e. The van der Waals surface area contributed by atoms with Crippen LogP contribution in [0.5, 0.6) is 0 Å². The predicted octanol–water partition coefficient (Wildman–Crippen LogP) is 8.16. The Morgan fingerprint density at radius 2 is 0.966 bits per heavy atom. The highest BCUT2D eigenvalue weighted by Gasteiger charge is 2.51. The first-order valence-electron chi connectivity index (χ1n) is 22.1. The van der Waals surface area contributed by atoms with E-state index in [1.54, 1.807) is 0 Å². The van der Waals surface area contributed by atoms with Gasteiger partial charge in [-0.2, -0.15) is 0 Å². The van der Waals surface area contributed by atoms with Crippen LogP contribution in [0, 0.1) is 0 Å². The Labute approximate surface area is 353 Å². The SMILES string of the molecule is CC/C=C/C/C=C/C/C=C/C/C=C/CCCCC(=O)O[C@H](COC(=O)CCCCCCC/C=C/CCCCCCCC)COP(=O)(O)OC1C(O)C(O)C(O)[C@@H](O)C1O. The van der Waals surface area contributed by atoms with Crippen molar-refractivity contribution in [3.8, 4) is 0 Å². The van der Waals surface area contributed by atoms with E-state index >= 15 is 0 Å². The molecule has 6 N–H and O–H groups in total. The number of carbonyl (C=O) groups is 2. The molecule has 1 aliphatic rings. The van der Waals surface area contributed by atoms with Gasteiger partial charge in [0.15, 0.2) is 6.10 Å². The van der Waals surface area contributed by atoms with Crippen molar-refractivity contribution in [1.29, 1.82) is 0 Å². The van der Waals surface area contributed by atoms with Crippen LogP contribution in [0.1, 0.15) is 155 Å². The molecule has 1 saturated carbocycles. The van der Waals surface area contributed by atoms with Gasteiger partial charge in [-0.15, -0.1) is 0 Å². The van der Waals surface area contributed by atoms with Crippen molar-refractivity contribution in [2.24, 2.45) is 0 Å². The van der Waals surface area contributed by atoms with Crippen LogP contribution in [0.15, 0.2) is 60.8 Å². The summed E-state index contributed by atoms with van der Waals surface area (Å²) in [5, 5.41) is 50.1. The minimum Gasteiger partial charge on any atom is -0.462 e. The molecule has 13 nitrogen and oxygen atoms in total. The van der Waals surface area contributed by atoms with Crippen LogP contribution >= 0.6 is 7.82 Å². The zero-order chi connectivity index (χ0) is 43.6. The third-order valence-corrected chi connectivity index (χ3v) is 10.8. The molecular weight excluding hydrogens is 779 g/mol. The molecule has 0 aromatic rings. The molecular formula is C45H77O13P. The fourth-order valence-electron chi connectivity index (χ4n) is 6.27. The summed E-state index contributed by atoms with van der Waals surface area (Å²) in [4.78, 5) is 35.6. The Balaban J connectivity index is 2.53. The Hall–Kier alpha value is -2.45. The second-order valence-corrected chi connectivity index (χ2v) is 16.6. The lowest BCUT2D eigenvalue weighted by Crippen LogP contribution is -2.64. The smallest absolute Gasteiger partial charge is 0.462 e. The zero-order valence-electron chi connectivity index (χ0n) is 35.8. The van der Waals surface area contributed by atoms with E-state index in [-0.39, 0.29) is 12.8 Å². The second-order valence-electron chi connectivity index (χ2n) is 15.2. The van der Waals surface area contributed by atoms with Crippen LogP contribution < -0.4 is 0 Å². The van der Waals surface area contributed by atoms with Gasteiger partial charge in [-0.05, 0) is 77.0 Å². The number of ether oxygens (including phenoxy) is 2. The van der Waals surface area contributed by atoms with Gasteiger partial charge in [0.05, 0.1) is 6.61 Å². The summed E-state index contributed by atoms with van der Waals surface area (Å²) < 4.78 is 33.4. The average molecular weight is 857 g/mol. The number of rotatable bonds is 35. The van der Waals surface area contributed by atoms with E-state index in [9.17, 15) is 44.6 Å². The Morgan fingerprint density at radius 1 is 0.542 bits per heavy atom. The summed E-state index contributed by atoms with van der Waals surface area (Å²) in [7, 11) is -5.13. The van der Waals surface area contributed by atoms with Crippen LogP contribution in [-0.2, 0) is 32.7 Å². The molecule has 14 heteroatoms. The van der Waals surface area contributed by atoms with Crippen LogP contribution in [0.25, 0.3) is 0 Å². The molecule has 0 saturated heterocycles. The molecule has 0 aliphatic heterocycles. The molecule has 0 amide bonds. The molecule has 0 radical (unpaired) electrons. The van der Waals surface area contributed by atoms with E-state index in [1.807, 2.05) is 6.08 Å². The van der Waals surface area contributed by atoms with E-state index in [1.165, 1.54) is 38.5 Å². The molecule has 0 aromatic carbocycles. The number of phosphoric ester groups is 1. The molecule has 1 rings (SSSR count). The number of hydrogen-bond acceptors (Lipinski definition) is 12. The number of allylic oxidation sites excluding steroid dienone is 10. The molecule has 8 atom stereocenters. The third-order valence-electron chi connectivity index (χ3n) is 9.84. The van der Waals surface area contributed by atoms with Gasteiger partial charge in [-0.3, -0.25) is 18.6 Å². The normalized spacial score (nSPS) is 22.9. The Kier molecular flexibility index (Phi) is 32.5. The number of hydrogen-bond donors (Lipinski definition) is 6. The van der Waals surface area contributed by atoms with E-state index in [4.69, 9.17) is 18.5 Å². The molecule has 0 bridgehead atoms. The fourth-order valence-corrected chi connectivity index (χ4v) is 7.24.